The highest BCUT2D eigenvalue weighted by atomic mass is 16.5. The molecule has 1 aliphatic rings. The second kappa shape index (κ2) is 5.47. The molecule has 0 radical (unpaired) electrons. The smallest absolute Gasteiger partial charge is 0.274 e. The molecule has 0 spiro atoms. The average Bonchev–Trinajstić information content (AvgIpc) is 3.15. The van der Waals surface area contributed by atoms with Gasteiger partial charge in [0.15, 0.2) is 11.5 Å². The quantitative estimate of drug-likeness (QED) is 0.836. The van der Waals surface area contributed by atoms with Gasteiger partial charge < -0.3 is 14.2 Å². The molecule has 3 rings (SSSR count). The number of aryl methyl sites for hydroxylation is 1. The Morgan fingerprint density at radius 1 is 1.43 bits per heavy atom. The number of rotatable bonds is 3. The minimum Gasteiger partial charge on any atom is -0.480 e. The summed E-state index contributed by atoms with van der Waals surface area (Å²) in [6.07, 6.45) is 1.71. The number of nitrogens with zero attached hydrogens (tertiary/aromatic N) is 5. The summed E-state index contributed by atoms with van der Waals surface area (Å²) in [6.45, 7) is 2.37. The number of aromatic nitrogens is 4. The number of hydrogen-bond acceptors (Lipinski definition) is 7. The highest BCUT2D eigenvalue weighted by Gasteiger charge is 2.34. The van der Waals surface area contributed by atoms with Crippen molar-refractivity contribution in [1.82, 2.24) is 25.2 Å². The molecule has 8 nitrogen and oxygen atoms in total. The monoisotopic (exact) mass is 289 g/mol. The average molecular weight is 289 g/mol. The summed E-state index contributed by atoms with van der Waals surface area (Å²) in [5.74, 6) is 1.22. The zero-order valence-electron chi connectivity index (χ0n) is 11.8. The second-order valence-corrected chi connectivity index (χ2v) is 4.79. The largest absolute Gasteiger partial charge is 0.480 e. The van der Waals surface area contributed by atoms with Crippen LogP contribution < -0.4 is 4.74 Å². The maximum absolute atomic E-state index is 12.5. The number of amides is 1. The SMILES string of the molecule is COc1ccc(C(=O)N2CCC[C@@H]2c2noc(C)n2)nn1. The van der Waals surface area contributed by atoms with Gasteiger partial charge in [-0.15, -0.1) is 10.2 Å². The van der Waals surface area contributed by atoms with E-state index in [1.165, 1.54) is 7.11 Å². The van der Waals surface area contributed by atoms with E-state index in [0.717, 1.165) is 12.8 Å². The number of ether oxygens (including phenoxy) is 1. The van der Waals surface area contributed by atoms with Crippen LogP contribution in [0.25, 0.3) is 0 Å². The zero-order valence-corrected chi connectivity index (χ0v) is 11.8. The van der Waals surface area contributed by atoms with Gasteiger partial charge in [-0.05, 0) is 18.9 Å². The molecule has 0 saturated carbocycles. The first kappa shape index (κ1) is 13.5. The molecule has 0 N–H and O–H groups in total. The molecule has 2 aromatic heterocycles. The molecule has 8 heteroatoms. The predicted octanol–water partition coefficient (Wildman–Crippen LogP) is 1.15. The Labute approximate surface area is 121 Å². The first-order valence-corrected chi connectivity index (χ1v) is 6.68. The van der Waals surface area contributed by atoms with Crippen LogP contribution in [0.1, 0.15) is 41.1 Å². The van der Waals surface area contributed by atoms with Crippen molar-refractivity contribution in [2.24, 2.45) is 0 Å². The summed E-state index contributed by atoms with van der Waals surface area (Å²) < 4.78 is 9.93. The van der Waals surface area contributed by atoms with Crippen LogP contribution in [0, 0.1) is 6.92 Å². The molecular formula is C13H15N5O3. The predicted molar refractivity (Wildman–Crippen MR) is 70.6 cm³/mol. The number of hydrogen-bond donors (Lipinski definition) is 0. The third kappa shape index (κ3) is 2.56. The van der Waals surface area contributed by atoms with E-state index in [1.807, 2.05) is 0 Å². The molecule has 3 heterocycles. The maximum atomic E-state index is 12.5. The Hall–Kier alpha value is -2.51. The van der Waals surface area contributed by atoms with Crippen molar-refractivity contribution in [2.75, 3.05) is 13.7 Å². The van der Waals surface area contributed by atoms with Crippen molar-refractivity contribution in [3.05, 3.63) is 29.5 Å². The van der Waals surface area contributed by atoms with Gasteiger partial charge in [-0.1, -0.05) is 5.16 Å². The van der Waals surface area contributed by atoms with Crippen LogP contribution in [0.5, 0.6) is 5.88 Å². The van der Waals surface area contributed by atoms with E-state index in [2.05, 4.69) is 20.3 Å². The molecule has 0 aromatic carbocycles. The van der Waals surface area contributed by atoms with Gasteiger partial charge in [0, 0.05) is 19.5 Å². The first-order valence-electron chi connectivity index (χ1n) is 6.68. The third-order valence-electron chi connectivity index (χ3n) is 3.42. The summed E-state index contributed by atoms with van der Waals surface area (Å²) in [5, 5.41) is 11.6. The fraction of sp³-hybridized carbons (Fsp3) is 0.462. The summed E-state index contributed by atoms with van der Waals surface area (Å²) in [5.41, 5.74) is 0.280. The molecule has 1 aliphatic heterocycles. The highest BCUT2D eigenvalue weighted by molar-refractivity contribution is 5.92. The molecule has 1 fully saturated rings. The summed E-state index contributed by atoms with van der Waals surface area (Å²) in [6, 6.07) is 3.05. The molecule has 1 amide bonds. The molecule has 2 aromatic rings. The Kier molecular flexibility index (Phi) is 3.51. The van der Waals surface area contributed by atoms with E-state index in [4.69, 9.17) is 9.26 Å². The van der Waals surface area contributed by atoms with Crippen LogP contribution in [0.2, 0.25) is 0 Å². The van der Waals surface area contributed by atoms with Crippen molar-refractivity contribution in [1.29, 1.82) is 0 Å². The van der Waals surface area contributed by atoms with Gasteiger partial charge >= 0.3 is 0 Å². The Morgan fingerprint density at radius 2 is 2.29 bits per heavy atom. The van der Waals surface area contributed by atoms with E-state index in [1.54, 1.807) is 24.0 Å². The molecule has 0 unspecified atom stereocenters. The lowest BCUT2D eigenvalue weighted by atomic mass is 10.2. The fourth-order valence-electron chi connectivity index (χ4n) is 2.42. The van der Waals surface area contributed by atoms with Crippen LogP contribution in [0.15, 0.2) is 16.7 Å². The molecule has 1 atom stereocenters. The van der Waals surface area contributed by atoms with Crippen molar-refractivity contribution < 1.29 is 14.1 Å². The molecule has 21 heavy (non-hydrogen) atoms. The molecule has 0 bridgehead atoms. The fourth-order valence-corrected chi connectivity index (χ4v) is 2.42. The first-order chi connectivity index (χ1) is 10.2. The highest BCUT2D eigenvalue weighted by Crippen LogP contribution is 2.31. The number of likely N-dealkylation sites (tertiary alicyclic amines) is 1. The number of methoxy groups -OCH3 is 1. The van der Waals surface area contributed by atoms with Crippen LogP contribution in [0.4, 0.5) is 0 Å². The van der Waals surface area contributed by atoms with Gasteiger partial charge in [0.1, 0.15) is 0 Å². The van der Waals surface area contributed by atoms with Crippen molar-refractivity contribution in [3.8, 4) is 5.88 Å². The maximum Gasteiger partial charge on any atom is 0.274 e. The standard InChI is InChI=1S/C13H15N5O3/c1-8-14-12(17-21-8)10-4-3-7-18(10)13(19)9-5-6-11(20-2)16-15-9/h5-6,10H,3-4,7H2,1-2H3/t10-/m1/s1. The van der Waals surface area contributed by atoms with Gasteiger partial charge in [0.2, 0.25) is 11.8 Å². The topological polar surface area (TPSA) is 94.2 Å². The second-order valence-electron chi connectivity index (χ2n) is 4.79. The lowest BCUT2D eigenvalue weighted by Crippen LogP contribution is -2.31. The van der Waals surface area contributed by atoms with Gasteiger partial charge in [0.25, 0.3) is 5.91 Å². The van der Waals surface area contributed by atoms with E-state index < -0.39 is 0 Å². The summed E-state index contributed by atoms with van der Waals surface area (Å²) in [4.78, 5) is 18.5. The van der Waals surface area contributed by atoms with Crippen LogP contribution in [-0.2, 0) is 0 Å². The van der Waals surface area contributed by atoms with Crippen molar-refractivity contribution in [2.45, 2.75) is 25.8 Å². The Morgan fingerprint density at radius 3 is 2.90 bits per heavy atom. The third-order valence-corrected chi connectivity index (χ3v) is 3.42. The van der Waals surface area contributed by atoms with Gasteiger partial charge in [-0.3, -0.25) is 4.79 Å². The lowest BCUT2D eigenvalue weighted by molar-refractivity contribution is 0.0721. The summed E-state index contributed by atoms with van der Waals surface area (Å²) >= 11 is 0. The normalized spacial score (nSPS) is 18.0. The van der Waals surface area contributed by atoms with Crippen LogP contribution in [0.3, 0.4) is 0 Å². The Balaban J connectivity index is 1.82. The molecular weight excluding hydrogens is 274 g/mol. The molecule has 110 valence electrons. The van der Waals surface area contributed by atoms with E-state index in [9.17, 15) is 4.79 Å². The van der Waals surface area contributed by atoms with Gasteiger partial charge in [-0.25, -0.2) is 0 Å². The van der Waals surface area contributed by atoms with Crippen LogP contribution >= 0.6 is 0 Å². The lowest BCUT2D eigenvalue weighted by Gasteiger charge is -2.21. The van der Waals surface area contributed by atoms with E-state index in [0.29, 0.717) is 24.1 Å². The van der Waals surface area contributed by atoms with E-state index >= 15 is 0 Å². The van der Waals surface area contributed by atoms with Crippen molar-refractivity contribution >= 4 is 5.91 Å². The zero-order chi connectivity index (χ0) is 14.8. The number of carbonyl (C=O) groups excluding carboxylic acids is 1. The Bertz CT molecular complexity index is 640. The minimum atomic E-state index is -0.185. The number of carbonyl (C=O) groups is 1. The van der Waals surface area contributed by atoms with Crippen LogP contribution in [-0.4, -0.2) is 44.8 Å². The van der Waals surface area contributed by atoms with Crippen molar-refractivity contribution in [3.63, 3.8) is 0 Å². The minimum absolute atomic E-state index is 0.168. The van der Waals surface area contributed by atoms with E-state index in [-0.39, 0.29) is 17.6 Å². The molecule has 0 aliphatic carbocycles. The summed E-state index contributed by atoms with van der Waals surface area (Å²) in [7, 11) is 1.50. The van der Waals surface area contributed by atoms with Gasteiger partial charge in [-0.2, -0.15) is 4.98 Å². The molecule has 1 saturated heterocycles. The van der Waals surface area contributed by atoms with Gasteiger partial charge in [0.05, 0.1) is 13.2 Å².